The zero-order valence-corrected chi connectivity index (χ0v) is 16.4. The van der Waals surface area contributed by atoms with Gasteiger partial charge >= 0.3 is 12.4 Å². The Kier molecular flexibility index (Phi) is 5.47. The first-order valence-electron chi connectivity index (χ1n) is 9.71. The van der Waals surface area contributed by atoms with Gasteiger partial charge in [0.1, 0.15) is 0 Å². The molecule has 168 valence electrons. The van der Waals surface area contributed by atoms with Crippen LogP contribution >= 0.6 is 0 Å². The smallest absolute Gasteiger partial charge is 0.356 e. The molecule has 4 nitrogen and oxygen atoms in total. The second-order valence-electron chi connectivity index (χ2n) is 7.43. The van der Waals surface area contributed by atoms with Crippen molar-refractivity contribution < 1.29 is 35.7 Å². The van der Waals surface area contributed by atoms with Crippen LogP contribution in [0.15, 0.2) is 47.0 Å². The number of hydrogen-bond acceptors (Lipinski definition) is 3. The van der Waals surface area contributed by atoms with Crippen molar-refractivity contribution in [1.29, 1.82) is 0 Å². The topological polar surface area (TPSA) is 55.1 Å². The lowest BCUT2D eigenvalue weighted by Gasteiger charge is -2.16. The average Bonchev–Trinajstić information content (AvgIpc) is 3.17. The van der Waals surface area contributed by atoms with Crippen molar-refractivity contribution in [3.05, 3.63) is 70.4 Å². The summed E-state index contributed by atoms with van der Waals surface area (Å²) < 4.78 is 84.0. The number of aryl methyl sites for hydroxylation is 1. The van der Waals surface area contributed by atoms with Gasteiger partial charge in [0.15, 0.2) is 5.76 Å². The van der Waals surface area contributed by atoms with Gasteiger partial charge in [-0.3, -0.25) is 4.79 Å². The maximum Gasteiger partial charge on any atom is 0.417 e. The van der Waals surface area contributed by atoms with Crippen LogP contribution in [-0.2, 0) is 25.2 Å². The molecule has 0 spiro atoms. The number of fused-ring (bicyclic) bond motifs is 1. The quantitative estimate of drug-likeness (QED) is 0.459. The molecule has 1 heterocycles. The first kappa shape index (κ1) is 21.9. The first-order chi connectivity index (χ1) is 15.0. The van der Waals surface area contributed by atoms with Crippen LogP contribution in [0.4, 0.5) is 32.0 Å². The maximum atomic E-state index is 13.2. The second kappa shape index (κ2) is 7.99. The number of nitrogens with one attached hydrogen (secondary N) is 1. The van der Waals surface area contributed by atoms with Crippen molar-refractivity contribution in [1.82, 2.24) is 5.16 Å². The predicted molar refractivity (Wildman–Crippen MR) is 103 cm³/mol. The van der Waals surface area contributed by atoms with Gasteiger partial charge in [-0.2, -0.15) is 26.3 Å². The lowest BCUT2D eigenvalue weighted by molar-refractivity contribution is -0.141. The molecule has 1 N–H and O–H groups in total. The van der Waals surface area contributed by atoms with E-state index in [2.05, 4.69) is 10.5 Å². The van der Waals surface area contributed by atoms with Crippen molar-refractivity contribution >= 4 is 11.6 Å². The summed E-state index contributed by atoms with van der Waals surface area (Å²) in [5.41, 5.74) is -1.21. The lowest BCUT2D eigenvalue weighted by atomic mass is 9.94. The standard InChI is InChI=1S/C22H16F6N2O2/c23-21(24,25)13-7-10-17(22(26,27)28)16(11-13)20(31)29-14-8-5-12(6-9-14)19-15-3-1-2-4-18(15)30-32-19/h5-11H,1-4H2,(H,29,31). The summed E-state index contributed by atoms with van der Waals surface area (Å²) in [6.45, 7) is 0. The van der Waals surface area contributed by atoms with E-state index in [9.17, 15) is 31.1 Å². The Bertz CT molecular complexity index is 1150. The molecule has 0 saturated carbocycles. The van der Waals surface area contributed by atoms with Gasteiger partial charge in [0.05, 0.1) is 22.4 Å². The van der Waals surface area contributed by atoms with Gasteiger partial charge < -0.3 is 9.84 Å². The zero-order valence-electron chi connectivity index (χ0n) is 16.4. The van der Waals surface area contributed by atoms with Crippen LogP contribution in [0.25, 0.3) is 11.3 Å². The summed E-state index contributed by atoms with van der Waals surface area (Å²) in [5.74, 6) is -0.706. The number of aromatic nitrogens is 1. The number of anilines is 1. The lowest BCUT2D eigenvalue weighted by Crippen LogP contribution is -2.20. The number of alkyl halides is 6. The summed E-state index contributed by atoms with van der Waals surface area (Å²) >= 11 is 0. The van der Waals surface area contributed by atoms with E-state index in [1.807, 2.05) is 0 Å². The minimum absolute atomic E-state index is 0.123. The summed E-state index contributed by atoms with van der Waals surface area (Å²) in [5, 5.41) is 6.29. The van der Waals surface area contributed by atoms with Crippen molar-refractivity contribution in [3.63, 3.8) is 0 Å². The van der Waals surface area contributed by atoms with E-state index < -0.39 is 35.0 Å². The summed E-state index contributed by atoms with van der Waals surface area (Å²) in [7, 11) is 0. The molecule has 1 amide bonds. The van der Waals surface area contributed by atoms with Crippen LogP contribution in [0, 0.1) is 0 Å². The molecule has 4 rings (SSSR count). The molecule has 0 bridgehead atoms. The Labute approximate surface area is 178 Å². The largest absolute Gasteiger partial charge is 0.417 e. The van der Waals surface area contributed by atoms with Crippen molar-refractivity contribution in [3.8, 4) is 11.3 Å². The maximum absolute atomic E-state index is 13.2. The third-order valence-corrected chi connectivity index (χ3v) is 5.26. The fourth-order valence-electron chi connectivity index (χ4n) is 3.68. The second-order valence-corrected chi connectivity index (χ2v) is 7.43. The molecule has 2 aromatic carbocycles. The van der Waals surface area contributed by atoms with Crippen LogP contribution in [0.5, 0.6) is 0 Å². The van der Waals surface area contributed by atoms with Gasteiger partial charge in [0, 0.05) is 16.8 Å². The molecule has 1 aliphatic carbocycles. The first-order valence-corrected chi connectivity index (χ1v) is 9.71. The van der Waals surface area contributed by atoms with Gasteiger partial charge in [-0.15, -0.1) is 0 Å². The number of nitrogens with zero attached hydrogens (tertiary/aromatic N) is 1. The third kappa shape index (κ3) is 4.35. The van der Waals surface area contributed by atoms with E-state index in [0.717, 1.165) is 36.9 Å². The van der Waals surface area contributed by atoms with Crippen LogP contribution < -0.4 is 5.32 Å². The van der Waals surface area contributed by atoms with E-state index in [0.29, 0.717) is 17.4 Å². The van der Waals surface area contributed by atoms with E-state index in [-0.39, 0.29) is 17.8 Å². The molecule has 0 unspecified atom stereocenters. The minimum atomic E-state index is -4.99. The van der Waals surface area contributed by atoms with E-state index >= 15 is 0 Å². The molecular weight excluding hydrogens is 438 g/mol. The van der Waals surface area contributed by atoms with Crippen LogP contribution in [0.2, 0.25) is 0 Å². The average molecular weight is 454 g/mol. The number of amides is 1. The van der Waals surface area contributed by atoms with Gasteiger partial charge in [-0.1, -0.05) is 5.16 Å². The molecule has 3 aromatic rings. The van der Waals surface area contributed by atoms with Crippen molar-refractivity contribution in [2.45, 2.75) is 38.0 Å². The molecule has 32 heavy (non-hydrogen) atoms. The zero-order chi connectivity index (χ0) is 23.1. The van der Waals surface area contributed by atoms with Gasteiger partial charge in [0.2, 0.25) is 0 Å². The minimum Gasteiger partial charge on any atom is -0.356 e. The molecule has 0 saturated heterocycles. The Morgan fingerprint density at radius 1 is 0.906 bits per heavy atom. The van der Waals surface area contributed by atoms with Crippen LogP contribution in [0.1, 0.15) is 45.6 Å². The highest BCUT2D eigenvalue weighted by Gasteiger charge is 2.38. The van der Waals surface area contributed by atoms with Gasteiger partial charge in [-0.05, 0) is 68.1 Å². The highest BCUT2D eigenvalue weighted by Crippen LogP contribution is 2.37. The number of carbonyl (C=O) groups is 1. The molecule has 0 aliphatic heterocycles. The van der Waals surface area contributed by atoms with Gasteiger partial charge in [-0.25, -0.2) is 0 Å². The third-order valence-electron chi connectivity index (χ3n) is 5.26. The Hall–Kier alpha value is -3.30. The van der Waals surface area contributed by atoms with E-state index in [1.165, 1.54) is 12.1 Å². The number of halogens is 6. The highest BCUT2D eigenvalue weighted by molar-refractivity contribution is 6.05. The monoisotopic (exact) mass is 454 g/mol. The van der Waals surface area contributed by atoms with E-state index in [4.69, 9.17) is 4.52 Å². The summed E-state index contributed by atoms with van der Waals surface area (Å²) in [4.78, 5) is 12.5. The normalized spacial score (nSPS) is 14.2. The molecular formula is C22H16F6N2O2. The van der Waals surface area contributed by atoms with Crippen molar-refractivity contribution in [2.75, 3.05) is 5.32 Å². The highest BCUT2D eigenvalue weighted by atomic mass is 19.4. The SMILES string of the molecule is O=C(Nc1ccc(-c2onc3c2CCCC3)cc1)c1cc(C(F)(F)F)ccc1C(F)(F)F. The van der Waals surface area contributed by atoms with Crippen molar-refractivity contribution in [2.24, 2.45) is 0 Å². The number of benzene rings is 2. The number of hydrogen-bond donors (Lipinski definition) is 1. The molecule has 1 aliphatic rings. The van der Waals surface area contributed by atoms with E-state index in [1.54, 1.807) is 12.1 Å². The molecule has 1 aromatic heterocycles. The Balaban J connectivity index is 1.60. The number of carbonyl (C=O) groups excluding carboxylic acids is 1. The molecule has 10 heteroatoms. The molecule has 0 fully saturated rings. The summed E-state index contributed by atoms with van der Waals surface area (Å²) in [6.07, 6.45) is -6.20. The fourth-order valence-corrected chi connectivity index (χ4v) is 3.68. The summed E-state index contributed by atoms with van der Waals surface area (Å²) in [6, 6.07) is 6.83. The number of rotatable bonds is 3. The predicted octanol–water partition coefficient (Wildman–Crippen LogP) is 6.51. The fraction of sp³-hybridized carbons (Fsp3) is 0.273. The molecule has 0 atom stereocenters. The Morgan fingerprint density at radius 3 is 2.25 bits per heavy atom. The Morgan fingerprint density at radius 2 is 1.59 bits per heavy atom. The van der Waals surface area contributed by atoms with Crippen LogP contribution in [0.3, 0.4) is 0 Å². The van der Waals surface area contributed by atoms with Gasteiger partial charge in [0.25, 0.3) is 5.91 Å². The van der Waals surface area contributed by atoms with Crippen LogP contribution in [-0.4, -0.2) is 11.1 Å². The molecule has 0 radical (unpaired) electrons.